The van der Waals surface area contributed by atoms with Crippen LogP contribution in [0.25, 0.3) is 10.2 Å². The van der Waals surface area contributed by atoms with E-state index in [9.17, 15) is 19.2 Å². The summed E-state index contributed by atoms with van der Waals surface area (Å²) in [6.45, 7) is 0.629. The van der Waals surface area contributed by atoms with E-state index in [-0.39, 0.29) is 30.8 Å². The number of amides is 5. The summed E-state index contributed by atoms with van der Waals surface area (Å²) in [6.07, 6.45) is 0.517. The van der Waals surface area contributed by atoms with Crippen LogP contribution in [0.3, 0.4) is 0 Å². The Bertz CT molecular complexity index is 1270. The number of piperidine rings is 1. The Morgan fingerprint density at radius 1 is 1.24 bits per heavy atom. The first kappa shape index (κ1) is 21.1. The normalized spacial score (nSPS) is 17.8. The van der Waals surface area contributed by atoms with Crippen LogP contribution in [0.2, 0.25) is 0 Å². The number of rotatable bonds is 4. The zero-order valence-corrected chi connectivity index (χ0v) is 18.6. The molecule has 0 spiro atoms. The van der Waals surface area contributed by atoms with E-state index < -0.39 is 11.9 Å². The Kier molecular flexibility index (Phi) is 5.29. The number of hydrogen-bond donors (Lipinski definition) is 2. The van der Waals surface area contributed by atoms with Gasteiger partial charge < -0.3 is 15.1 Å². The summed E-state index contributed by atoms with van der Waals surface area (Å²) in [5.74, 6) is -1.01. The maximum atomic E-state index is 12.8. The Hall–Kier alpha value is -3.79. The highest BCUT2D eigenvalue weighted by molar-refractivity contribution is 7.18. The summed E-state index contributed by atoms with van der Waals surface area (Å²) in [4.78, 5) is 56.7. The topological polar surface area (TPSA) is 112 Å². The van der Waals surface area contributed by atoms with Crippen molar-refractivity contribution in [2.75, 3.05) is 12.4 Å². The second kappa shape index (κ2) is 8.28. The Morgan fingerprint density at radius 3 is 2.85 bits per heavy atom. The van der Waals surface area contributed by atoms with Gasteiger partial charge in [0, 0.05) is 31.3 Å². The van der Waals surface area contributed by atoms with Crippen LogP contribution in [-0.4, -0.2) is 51.6 Å². The first-order valence-electron chi connectivity index (χ1n) is 10.5. The molecule has 2 aromatic carbocycles. The van der Waals surface area contributed by atoms with E-state index in [1.54, 1.807) is 41.5 Å². The van der Waals surface area contributed by atoms with Gasteiger partial charge in [0.2, 0.25) is 11.8 Å². The van der Waals surface area contributed by atoms with Crippen LogP contribution < -0.4 is 10.6 Å². The second-order valence-electron chi connectivity index (χ2n) is 8.13. The molecule has 3 heterocycles. The molecule has 1 aromatic heterocycles. The first-order valence-corrected chi connectivity index (χ1v) is 11.3. The molecule has 2 aliphatic heterocycles. The van der Waals surface area contributed by atoms with Gasteiger partial charge in [0.25, 0.3) is 5.91 Å². The molecule has 5 rings (SSSR count). The SMILES string of the molecule is CN(Cc1nc2ccccc2s1)C(=O)Nc1ccc2c(c1)CN(C1CCC(=O)NC1=O)C2=O. The number of carbonyl (C=O) groups is 4. The fraction of sp³-hybridized carbons (Fsp3) is 0.261. The summed E-state index contributed by atoms with van der Waals surface area (Å²) in [6, 6.07) is 12.0. The van der Waals surface area contributed by atoms with E-state index in [4.69, 9.17) is 0 Å². The van der Waals surface area contributed by atoms with Gasteiger partial charge in [-0.1, -0.05) is 12.1 Å². The number of urea groups is 1. The van der Waals surface area contributed by atoms with Gasteiger partial charge in [-0.2, -0.15) is 0 Å². The molecule has 33 heavy (non-hydrogen) atoms. The summed E-state index contributed by atoms with van der Waals surface area (Å²) < 4.78 is 1.07. The van der Waals surface area contributed by atoms with Crippen LogP contribution >= 0.6 is 11.3 Å². The smallest absolute Gasteiger partial charge is 0.321 e. The third kappa shape index (κ3) is 4.05. The van der Waals surface area contributed by atoms with E-state index in [0.717, 1.165) is 20.8 Å². The molecular weight excluding hydrogens is 442 g/mol. The minimum absolute atomic E-state index is 0.207. The summed E-state index contributed by atoms with van der Waals surface area (Å²) in [7, 11) is 1.70. The number of thiazole rings is 1. The zero-order valence-electron chi connectivity index (χ0n) is 17.8. The highest BCUT2D eigenvalue weighted by atomic mass is 32.1. The molecule has 1 atom stereocenters. The molecule has 5 amide bonds. The van der Waals surface area contributed by atoms with Gasteiger partial charge in [0.05, 0.1) is 16.8 Å². The van der Waals surface area contributed by atoms with Crippen molar-refractivity contribution in [1.29, 1.82) is 0 Å². The number of nitrogens with zero attached hydrogens (tertiary/aromatic N) is 3. The number of fused-ring (bicyclic) bond motifs is 2. The molecule has 9 nitrogen and oxygen atoms in total. The van der Waals surface area contributed by atoms with Gasteiger partial charge in [0.1, 0.15) is 11.0 Å². The molecule has 0 radical (unpaired) electrons. The van der Waals surface area contributed by atoms with E-state index >= 15 is 0 Å². The molecule has 2 N–H and O–H groups in total. The van der Waals surface area contributed by atoms with Crippen molar-refractivity contribution in [2.45, 2.75) is 32.0 Å². The van der Waals surface area contributed by atoms with Crippen molar-refractivity contribution >= 4 is 51.0 Å². The third-order valence-electron chi connectivity index (χ3n) is 5.83. The maximum Gasteiger partial charge on any atom is 0.321 e. The van der Waals surface area contributed by atoms with Crippen molar-refractivity contribution < 1.29 is 19.2 Å². The van der Waals surface area contributed by atoms with E-state index in [0.29, 0.717) is 24.2 Å². The van der Waals surface area contributed by atoms with Crippen LogP contribution in [0.1, 0.15) is 33.8 Å². The number of nitrogens with one attached hydrogen (secondary N) is 2. The molecule has 2 aliphatic rings. The molecule has 10 heteroatoms. The molecule has 1 unspecified atom stereocenters. The average molecular weight is 464 g/mol. The molecule has 3 aromatic rings. The number of benzene rings is 2. The van der Waals surface area contributed by atoms with Crippen molar-refractivity contribution in [3.63, 3.8) is 0 Å². The summed E-state index contributed by atoms with van der Waals surface area (Å²) in [5, 5.41) is 5.99. The van der Waals surface area contributed by atoms with E-state index in [1.807, 2.05) is 24.3 Å². The largest absolute Gasteiger partial charge is 0.322 e. The van der Waals surface area contributed by atoms with Crippen LogP contribution in [0.4, 0.5) is 10.5 Å². The van der Waals surface area contributed by atoms with Gasteiger partial charge in [-0.15, -0.1) is 11.3 Å². The fourth-order valence-electron chi connectivity index (χ4n) is 4.13. The van der Waals surface area contributed by atoms with Gasteiger partial charge in [-0.25, -0.2) is 9.78 Å². The van der Waals surface area contributed by atoms with Crippen LogP contribution in [-0.2, 0) is 22.7 Å². The minimum Gasteiger partial charge on any atom is -0.322 e. The van der Waals surface area contributed by atoms with Crippen LogP contribution in [0.5, 0.6) is 0 Å². The van der Waals surface area contributed by atoms with Gasteiger partial charge in [0.15, 0.2) is 0 Å². The second-order valence-corrected chi connectivity index (χ2v) is 9.25. The molecule has 1 fully saturated rings. The zero-order chi connectivity index (χ0) is 23.1. The van der Waals surface area contributed by atoms with Crippen LogP contribution in [0, 0.1) is 0 Å². The molecule has 0 saturated carbocycles. The van der Waals surface area contributed by atoms with Crippen molar-refractivity contribution in [3.05, 3.63) is 58.6 Å². The fourth-order valence-corrected chi connectivity index (χ4v) is 5.15. The number of imide groups is 1. The van der Waals surface area contributed by atoms with E-state index in [1.165, 1.54) is 4.90 Å². The van der Waals surface area contributed by atoms with Gasteiger partial charge in [-0.3, -0.25) is 19.7 Å². The lowest BCUT2D eigenvalue weighted by Gasteiger charge is -2.29. The average Bonchev–Trinajstić information content (AvgIpc) is 3.33. The number of para-hydroxylation sites is 1. The lowest BCUT2D eigenvalue weighted by Crippen LogP contribution is -2.52. The summed E-state index contributed by atoms with van der Waals surface area (Å²) in [5.41, 5.74) is 2.71. The Balaban J connectivity index is 1.25. The predicted octanol–water partition coefficient (Wildman–Crippen LogP) is 2.72. The first-order chi connectivity index (χ1) is 15.9. The quantitative estimate of drug-likeness (QED) is 0.578. The van der Waals surface area contributed by atoms with Gasteiger partial charge in [-0.05, 0) is 42.3 Å². The van der Waals surface area contributed by atoms with Crippen molar-refractivity contribution in [3.8, 4) is 0 Å². The number of anilines is 1. The number of aromatic nitrogens is 1. The molecule has 0 aliphatic carbocycles. The van der Waals surface area contributed by atoms with Crippen molar-refractivity contribution in [1.82, 2.24) is 20.1 Å². The Morgan fingerprint density at radius 2 is 2.06 bits per heavy atom. The third-order valence-corrected chi connectivity index (χ3v) is 6.85. The molecule has 0 bridgehead atoms. The van der Waals surface area contributed by atoms with Crippen LogP contribution in [0.15, 0.2) is 42.5 Å². The highest BCUT2D eigenvalue weighted by Crippen LogP contribution is 2.29. The molecule has 168 valence electrons. The molecule has 1 saturated heterocycles. The van der Waals surface area contributed by atoms with E-state index in [2.05, 4.69) is 15.6 Å². The van der Waals surface area contributed by atoms with Crippen molar-refractivity contribution in [2.24, 2.45) is 0 Å². The lowest BCUT2D eigenvalue weighted by molar-refractivity contribution is -0.136. The minimum atomic E-state index is -0.666. The lowest BCUT2D eigenvalue weighted by atomic mass is 10.0. The summed E-state index contributed by atoms with van der Waals surface area (Å²) >= 11 is 1.55. The standard InChI is InChI=1S/C23H21N5O4S/c1-27(12-20-25-16-4-2-3-5-18(16)33-20)23(32)24-14-6-7-15-13(10-14)11-28(22(15)31)17-8-9-19(29)26-21(17)30/h2-7,10,17H,8-9,11-12H2,1H3,(H,24,32)(H,26,29,30). The predicted molar refractivity (Wildman–Crippen MR) is 123 cm³/mol. The number of hydrogen-bond acceptors (Lipinski definition) is 6. The van der Waals surface area contributed by atoms with Gasteiger partial charge >= 0.3 is 6.03 Å². The maximum absolute atomic E-state index is 12.8. The Labute approximate surface area is 193 Å². The molecular formula is C23H21N5O4S. The number of carbonyl (C=O) groups excluding carboxylic acids is 4. The monoisotopic (exact) mass is 463 g/mol. The highest BCUT2D eigenvalue weighted by Gasteiger charge is 2.39.